The van der Waals surface area contributed by atoms with Crippen molar-refractivity contribution in [1.82, 2.24) is 4.90 Å². The summed E-state index contributed by atoms with van der Waals surface area (Å²) in [5.74, 6) is -0.152. The highest BCUT2D eigenvalue weighted by atomic mass is 16.6. The molecule has 23 heavy (non-hydrogen) atoms. The van der Waals surface area contributed by atoms with Gasteiger partial charge in [0.25, 0.3) is 5.69 Å². The van der Waals surface area contributed by atoms with Crippen LogP contribution in [-0.2, 0) is 16.0 Å². The topological polar surface area (TPSA) is 83.8 Å². The van der Waals surface area contributed by atoms with E-state index in [9.17, 15) is 19.7 Å². The molecular weight excluding hydrogens is 298 g/mol. The van der Waals surface area contributed by atoms with Crippen molar-refractivity contribution >= 4 is 23.2 Å². The molecule has 0 atom stereocenters. The zero-order valence-electron chi connectivity index (χ0n) is 12.9. The van der Waals surface area contributed by atoms with Crippen LogP contribution >= 0.6 is 0 Å². The van der Waals surface area contributed by atoms with Gasteiger partial charge in [0.2, 0.25) is 11.8 Å². The number of nitrogens with zero attached hydrogens (tertiary/aromatic N) is 3. The summed E-state index contributed by atoms with van der Waals surface area (Å²) < 4.78 is 0. The molecule has 122 valence electrons. The lowest BCUT2D eigenvalue weighted by molar-refractivity contribution is -0.384. The van der Waals surface area contributed by atoms with Crippen LogP contribution in [0.2, 0.25) is 0 Å². The third kappa shape index (κ3) is 3.18. The maximum Gasteiger partial charge on any atom is 0.269 e. The van der Waals surface area contributed by atoms with E-state index in [4.69, 9.17) is 0 Å². The van der Waals surface area contributed by atoms with Crippen molar-refractivity contribution in [3.05, 3.63) is 33.9 Å². The molecule has 1 saturated heterocycles. The highest BCUT2D eigenvalue weighted by molar-refractivity contribution is 6.01. The van der Waals surface area contributed by atoms with Crippen LogP contribution in [0.3, 0.4) is 0 Å². The van der Waals surface area contributed by atoms with Crippen LogP contribution < -0.4 is 4.90 Å². The van der Waals surface area contributed by atoms with Crippen LogP contribution in [0.5, 0.6) is 0 Å². The van der Waals surface area contributed by atoms with E-state index >= 15 is 0 Å². The number of likely N-dealkylation sites (tertiary alicyclic amines) is 1. The van der Waals surface area contributed by atoms with Gasteiger partial charge in [0.05, 0.1) is 4.92 Å². The second-order valence-corrected chi connectivity index (χ2v) is 5.99. The summed E-state index contributed by atoms with van der Waals surface area (Å²) in [5, 5.41) is 10.9. The number of amides is 2. The van der Waals surface area contributed by atoms with Crippen LogP contribution in [0.25, 0.3) is 0 Å². The minimum Gasteiger partial charge on any atom is -0.341 e. The van der Waals surface area contributed by atoms with Gasteiger partial charge < -0.3 is 9.80 Å². The number of rotatable bonds is 3. The van der Waals surface area contributed by atoms with E-state index in [1.165, 1.54) is 17.0 Å². The number of aryl methyl sites for hydroxylation is 1. The summed E-state index contributed by atoms with van der Waals surface area (Å²) in [6, 6.07) is 4.46. The number of benzene rings is 1. The van der Waals surface area contributed by atoms with Crippen LogP contribution in [0.1, 0.15) is 31.2 Å². The van der Waals surface area contributed by atoms with Gasteiger partial charge in [-0.2, -0.15) is 0 Å². The fourth-order valence-corrected chi connectivity index (χ4v) is 3.21. The molecule has 0 aliphatic carbocycles. The fourth-order valence-electron chi connectivity index (χ4n) is 3.21. The molecule has 0 aromatic heterocycles. The second-order valence-electron chi connectivity index (χ2n) is 5.99. The number of hydrogen-bond acceptors (Lipinski definition) is 4. The summed E-state index contributed by atoms with van der Waals surface area (Å²) >= 11 is 0. The number of piperidine rings is 1. The molecule has 1 aromatic rings. The van der Waals surface area contributed by atoms with Crippen LogP contribution in [0, 0.1) is 10.1 Å². The summed E-state index contributed by atoms with van der Waals surface area (Å²) in [5.41, 5.74) is 1.39. The monoisotopic (exact) mass is 317 g/mol. The molecule has 7 heteroatoms. The number of fused-ring (bicyclic) bond motifs is 1. The number of anilines is 1. The Morgan fingerprint density at radius 1 is 1.17 bits per heavy atom. The Kier molecular flexibility index (Phi) is 4.27. The van der Waals surface area contributed by atoms with E-state index in [2.05, 4.69) is 0 Å². The third-order valence-corrected chi connectivity index (χ3v) is 4.48. The van der Waals surface area contributed by atoms with Gasteiger partial charge in [-0.05, 0) is 37.3 Å². The zero-order valence-corrected chi connectivity index (χ0v) is 12.9. The molecule has 2 aliphatic rings. The van der Waals surface area contributed by atoms with E-state index in [1.807, 2.05) is 0 Å². The molecule has 0 radical (unpaired) electrons. The number of hydrogen-bond donors (Lipinski definition) is 0. The number of carbonyl (C=O) groups is 2. The predicted molar refractivity (Wildman–Crippen MR) is 84.2 cm³/mol. The maximum atomic E-state index is 12.4. The quantitative estimate of drug-likeness (QED) is 0.629. The number of carbonyl (C=O) groups excluding carboxylic acids is 2. The van der Waals surface area contributed by atoms with Gasteiger partial charge >= 0.3 is 0 Å². The van der Waals surface area contributed by atoms with E-state index in [0.717, 1.165) is 37.9 Å². The standard InChI is InChI=1S/C16H19N3O4/c20-15-7-4-12-10-13(19(22)23)5-6-14(12)18(15)11-16(21)17-8-2-1-3-9-17/h5-6,10H,1-4,7-9,11H2. The van der Waals surface area contributed by atoms with E-state index < -0.39 is 4.92 Å². The third-order valence-electron chi connectivity index (χ3n) is 4.48. The Balaban J connectivity index is 1.81. The molecule has 2 heterocycles. The molecule has 2 amide bonds. The van der Waals surface area contributed by atoms with Crippen LogP contribution in [-0.4, -0.2) is 41.3 Å². The fraction of sp³-hybridized carbons (Fsp3) is 0.500. The van der Waals surface area contributed by atoms with Crippen molar-refractivity contribution in [3.8, 4) is 0 Å². The van der Waals surface area contributed by atoms with Gasteiger partial charge in [-0.25, -0.2) is 0 Å². The van der Waals surface area contributed by atoms with Crippen molar-refractivity contribution in [1.29, 1.82) is 0 Å². The molecule has 1 aromatic carbocycles. The molecule has 0 spiro atoms. The first kappa shape index (κ1) is 15.5. The van der Waals surface area contributed by atoms with Gasteiger partial charge in [0, 0.05) is 37.3 Å². The maximum absolute atomic E-state index is 12.4. The van der Waals surface area contributed by atoms with E-state index in [0.29, 0.717) is 12.1 Å². The Bertz CT molecular complexity index is 653. The number of non-ortho nitro benzene ring substituents is 1. The average Bonchev–Trinajstić information content (AvgIpc) is 2.57. The Morgan fingerprint density at radius 2 is 1.91 bits per heavy atom. The molecule has 1 fully saturated rings. The molecular formula is C16H19N3O4. The lowest BCUT2D eigenvalue weighted by atomic mass is 10.0. The first-order chi connectivity index (χ1) is 11.1. The summed E-state index contributed by atoms with van der Waals surface area (Å²) in [6.07, 6.45) is 3.90. The van der Waals surface area contributed by atoms with Crippen molar-refractivity contribution in [2.45, 2.75) is 32.1 Å². The number of nitro groups is 1. The van der Waals surface area contributed by atoms with Crippen LogP contribution in [0.4, 0.5) is 11.4 Å². The highest BCUT2D eigenvalue weighted by Gasteiger charge is 2.29. The Morgan fingerprint density at radius 3 is 2.61 bits per heavy atom. The molecule has 0 unspecified atom stereocenters. The molecule has 0 N–H and O–H groups in total. The second kappa shape index (κ2) is 6.36. The highest BCUT2D eigenvalue weighted by Crippen LogP contribution is 2.31. The molecule has 7 nitrogen and oxygen atoms in total. The smallest absolute Gasteiger partial charge is 0.269 e. The van der Waals surface area contributed by atoms with Gasteiger partial charge in [-0.15, -0.1) is 0 Å². The summed E-state index contributed by atoms with van der Waals surface area (Å²) in [4.78, 5) is 38.3. The minimum absolute atomic E-state index is 0.0143. The molecule has 3 rings (SSSR count). The van der Waals surface area contributed by atoms with Crippen molar-refractivity contribution in [2.24, 2.45) is 0 Å². The lowest BCUT2D eigenvalue weighted by Gasteiger charge is -2.32. The first-order valence-corrected chi connectivity index (χ1v) is 7.92. The van der Waals surface area contributed by atoms with Crippen LogP contribution in [0.15, 0.2) is 18.2 Å². The molecule has 0 bridgehead atoms. The minimum atomic E-state index is -0.445. The van der Waals surface area contributed by atoms with Gasteiger partial charge in [0.15, 0.2) is 0 Å². The SMILES string of the molecule is O=C(CN1C(=O)CCc2cc([N+](=O)[O-])ccc21)N1CCCCC1. The van der Waals surface area contributed by atoms with E-state index in [-0.39, 0.29) is 30.5 Å². The molecule has 0 saturated carbocycles. The van der Waals surface area contributed by atoms with Gasteiger partial charge in [0.1, 0.15) is 6.54 Å². The Hall–Kier alpha value is -2.44. The lowest BCUT2D eigenvalue weighted by Crippen LogP contribution is -2.46. The van der Waals surface area contributed by atoms with Crippen molar-refractivity contribution in [2.75, 3.05) is 24.5 Å². The van der Waals surface area contributed by atoms with Gasteiger partial charge in [-0.3, -0.25) is 19.7 Å². The largest absolute Gasteiger partial charge is 0.341 e. The zero-order chi connectivity index (χ0) is 16.4. The predicted octanol–water partition coefficient (Wildman–Crippen LogP) is 1.89. The van der Waals surface area contributed by atoms with E-state index in [1.54, 1.807) is 11.0 Å². The Labute approximate surface area is 134 Å². The average molecular weight is 317 g/mol. The normalized spacial score (nSPS) is 17.8. The number of nitro benzene ring substituents is 1. The van der Waals surface area contributed by atoms with Crippen molar-refractivity contribution in [3.63, 3.8) is 0 Å². The first-order valence-electron chi connectivity index (χ1n) is 7.92. The van der Waals surface area contributed by atoms with Crippen molar-refractivity contribution < 1.29 is 14.5 Å². The van der Waals surface area contributed by atoms with Gasteiger partial charge in [-0.1, -0.05) is 0 Å². The summed E-state index contributed by atoms with van der Waals surface area (Å²) in [7, 11) is 0. The molecule has 2 aliphatic heterocycles. The summed E-state index contributed by atoms with van der Waals surface area (Å²) in [6.45, 7) is 1.51.